The van der Waals surface area contributed by atoms with Crippen molar-refractivity contribution in [1.29, 1.82) is 0 Å². The molecule has 1 N–H and O–H groups in total. The van der Waals surface area contributed by atoms with E-state index in [4.69, 9.17) is 12.2 Å². The van der Waals surface area contributed by atoms with E-state index in [0.717, 1.165) is 12.2 Å². The highest BCUT2D eigenvalue weighted by Crippen LogP contribution is 2.13. The van der Waals surface area contributed by atoms with Crippen molar-refractivity contribution in [2.75, 3.05) is 0 Å². The highest BCUT2D eigenvalue weighted by molar-refractivity contribution is 7.71. The SMILES string of the molecule is Cc1ncsc1Cn1cn[nH]c1=S. The Labute approximate surface area is 84.3 Å². The molecule has 0 atom stereocenters. The van der Waals surface area contributed by atoms with Crippen LogP contribution in [0.2, 0.25) is 0 Å². The van der Waals surface area contributed by atoms with Crippen LogP contribution in [0.4, 0.5) is 0 Å². The molecule has 0 aliphatic carbocycles. The Morgan fingerprint density at radius 1 is 1.69 bits per heavy atom. The fourth-order valence-electron chi connectivity index (χ4n) is 1.02. The van der Waals surface area contributed by atoms with E-state index in [9.17, 15) is 0 Å². The van der Waals surface area contributed by atoms with Gasteiger partial charge in [-0.05, 0) is 19.1 Å². The smallest absolute Gasteiger partial charge is 0.195 e. The number of H-pyrrole nitrogens is 1. The molecule has 2 heterocycles. The number of thiazole rings is 1. The summed E-state index contributed by atoms with van der Waals surface area (Å²) in [6.45, 7) is 2.75. The molecule has 0 saturated carbocycles. The molecule has 2 aromatic heterocycles. The van der Waals surface area contributed by atoms with E-state index < -0.39 is 0 Å². The Morgan fingerprint density at radius 2 is 2.54 bits per heavy atom. The molecule has 0 unspecified atom stereocenters. The number of nitrogens with zero attached hydrogens (tertiary/aromatic N) is 3. The molecule has 2 rings (SSSR count). The summed E-state index contributed by atoms with van der Waals surface area (Å²) < 4.78 is 2.53. The lowest BCUT2D eigenvalue weighted by molar-refractivity contribution is 0.787. The number of nitrogens with one attached hydrogen (secondary N) is 1. The van der Waals surface area contributed by atoms with Crippen LogP contribution in [-0.2, 0) is 6.54 Å². The average Bonchev–Trinajstić information content (AvgIpc) is 2.65. The first-order valence-electron chi connectivity index (χ1n) is 3.76. The molecular weight excluding hydrogens is 204 g/mol. The summed E-state index contributed by atoms with van der Waals surface area (Å²) in [5.41, 5.74) is 2.90. The zero-order valence-electron chi connectivity index (χ0n) is 7.02. The summed E-state index contributed by atoms with van der Waals surface area (Å²) in [6, 6.07) is 0. The molecule has 0 aliphatic rings. The predicted octanol–water partition coefficient (Wildman–Crippen LogP) is 1.75. The van der Waals surface area contributed by atoms with Crippen LogP contribution in [0.15, 0.2) is 11.8 Å². The van der Waals surface area contributed by atoms with Crippen LogP contribution in [0, 0.1) is 11.7 Å². The third kappa shape index (κ3) is 1.68. The van der Waals surface area contributed by atoms with E-state index in [1.54, 1.807) is 17.7 Å². The molecule has 68 valence electrons. The van der Waals surface area contributed by atoms with Crippen LogP contribution < -0.4 is 0 Å². The molecule has 0 spiro atoms. The maximum absolute atomic E-state index is 5.03. The van der Waals surface area contributed by atoms with Crippen molar-refractivity contribution < 1.29 is 0 Å². The van der Waals surface area contributed by atoms with Gasteiger partial charge in [-0.15, -0.1) is 11.3 Å². The second-order valence-electron chi connectivity index (χ2n) is 2.65. The first-order chi connectivity index (χ1) is 6.27. The Balaban J connectivity index is 2.29. The molecule has 0 radical (unpaired) electrons. The third-order valence-corrected chi connectivity index (χ3v) is 3.02. The topological polar surface area (TPSA) is 46.5 Å². The van der Waals surface area contributed by atoms with E-state index in [2.05, 4.69) is 15.2 Å². The molecule has 0 bridgehead atoms. The van der Waals surface area contributed by atoms with Crippen molar-refractivity contribution in [2.24, 2.45) is 0 Å². The van der Waals surface area contributed by atoms with E-state index in [1.807, 2.05) is 17.0 Å². The predicted molar refractivity (Wildman–Crippen MR) is 53.4 cm³/mol. The summed E-state index contributed by atoms with van der Waals surface area (Å²) in [5.74, 6) is 0. The Bertz CT molecular complexity index is 453. The van der Waals surface area contributed by atoms with Gasteiger partial charge in [-0.3, -0.25) is 5.10 Å². The number of hydrogen-bond acceptors (Lipinski definition) is 4. The maximum atomic E-state index is 5.03. The molecular formula is C7H8N4S2. The zero-order chi connectivity index (χ0) is 9.26. The Hall–Kier alpha value is -1.01. The van der Waals surface area contributed by atoms with Crippen LogP contribution in [0.25, 0.3) is 0 Å². The second kappa shape index (κ2) is 3.39. The van der Waals surface area contributed by atoms with E-state index in [0.29, 0.717) is 4.77 Å². The lowest BCUT2D eigenvalue weighted by atomic mass is 10.4. The van der Waals surface area contributed by atoms with Gasteiger partial charge in [0.1, 0.15) is 6.33 Å². The summed E-state index contributed by atoms with van der Waals surface area (Å²) >= 11 is 6.67. The fourth-order valence-corrected chi connectivity index (χ4v) is 1.96. The van der Waals surface area contributed by atoms with Crippen LogP contribution in [-0.4, -0.2) is 19.7 Å². The fraction of sp³-hybridized carbons (Fsp3) is 0.286. The molecule has 0 fully saturated rings. The second-order valence-corrected chi connectivity index (χ2v) is 3.98. The van der Waals surface area contributed by atoms with Crippen molar-refractivity contribution in [3.05, 3.63) is 27.2 Å². The van der Waals surface area contributed by atoms with E-state index in [1.165, 1.54) is 4.88 Å². The van der Waals surface area contributed by atoms with Gasteiger partial charge in [0.2, 0.25) is 0 Å². The monoisotopic (exact) mass is 212 g/mol. The van der Waals surface area contributed by atoms with Gasteiger partial charge in [0, 0.05) is 4.88 Å². The lowest BCUT2D eigenvalue weighted by Crippen LogP contribution is -1.97. The summed E-state index contributed by atoms with van der Waals surface area (Å²) in [5, 5.41) is 6.56. The standard InChI is InChI=1S/C7H8N4S2/c1-5-6(13-4-8-5)2-11-3-9-10-7(11)12/h3-4H,2H2,1H3,(H,10,12). The third-order valence-electron chi connectivity index (χ3n) is 1.78. The van der Waals surface area contributed by atoms with Gasteiger partial charge in [0.15, 0.2) is 4.77 Å². The Kier molecular flexibility index (Phi) is 2.24. The number of aromatic nitrogens is 4. The van der Waals surface area contributed by atoms with E-state index >= 15 is 0 Å². The van der Waals surface area contributed by atoms with Crippen molar-refractivity contribution >= 4 is 23.6 Å². The van der Waals surface area contributed by atoms with Crippen LogP contribution >= 0.6 is 23.6 Å². The van der Waals surface area contributed by atoms with Gasteiger partial charge in [-0.25, -0.2) is 4.98 Å². The molecule has 4 nitrogen and oxygen atoms in total. The number of hydrogen-bond donors (Lipinski definition) is 1. The zero-order valence-corrected chi connectivity index (χ0v) is 8.65. The first-order valence-corrected chi connectivity index (χ1v) is 5.05. The number of rotatable bonds is 2. The quantitative estimate of drug-likeness (QED) is 0.771. The van der Waals surface area contributed by atoms with Gasteiger partial charge < -0.3 is 4.57 Å². The van der Waals surface area contributed by atoms with Gasteiger partial charge in [0.05, 0.1) is 17.7 Å². The molecule has 0 amide bonds. The normalized spacial score (nSPS) is 10.5. The minimum absolute atomic E-state index is 0.646. The number of aryl methyl sites for hydroxylation is 1. The van der Waals surface area contributed by atoms with Gasteiger partial charge in [0.25, 0.3) is 0 Å². The minimum Gasteiger partial charge on any atom is -0.301 e. The minimum atomic E-state index is 0.646. The van der Waals surface area contributed by atoms with Crippen molar-refractivity contribution in [2.45, 2.75) is 13.5 Å². The van der Waals surface area contributed by atoms with Gasteiger partial charge >= 0.3 is 0 Å². The highest BCUT2D eigenvalue weighted by Gasteiger charge is 2.02. The lowest BCUT2D eigenvalue weighted by Gasteiger charge is -1.97. The molecule has 0 aliphatic heterocycles. The van der Waals surface area contributed by atoms with Crippen LogP contribution in [0.5, 0.6) is 0 Å². The molecule has 0 saturated heterocycles. The average molecular weight is 212 g/mol. The van der Waals surface area contributed by atoms with Crippen molar-refractivity contribution in [3.63, 3.8) is 0 Å². The Morgan fingerprint density at radius 3 is 3.08 bits per heavy atom. The van der Waals surface area contributed by atoms with Gasteiger partial charge in [-0.1, -0.05) is 0 Å². The van der Waals surface area contributed by atoms with Gasteiger partial charge in [-0.2, -0.15) is 5.10 Å². The summed E-state index contributed by atoms with van der Waals surface area (Å²) in [6.07, 6.45) is 1.70. The molecule has 0 aromatic carbocycles. The van der Waals surface area contributed by atoms with E-state index in [-0.39, 0.29) is 0 Å². The molecule has 13 heavy (non-hydrogen) atoms. The van der Waals surface area contributed by atoms with Crippen LogP contribution in [0.1, 0.15) is 10.6 Å². The van der Waals surface area contributed by atoms with Crippen LogP contribution in [0.3, 0.4) is 0 Å². The highest BCUT2D eigenvalue weighted by atomic mass is 32.1. The largest absolute Gasteiger partial charge is 0.301 e. The first kappa shape index (κ1) is 8.58. The van der Waals surface area contributed by atoms with Crippen molar-refractivity contribution in [3.8, 4) is 0 Å². The summed E-state index contributed by atoms with van der Waals surface area (Å²) in [4.78, 5) is 5.39. The maximum Gasteiger partial charge on any atom is 0.195 e. The number of aromatic amines is 1. The van der Waals surface area contributed by atoms with Crippen molar-refractivity contribution in [1.82, 2.24) is 19.7 Å². The molecule has 2 aromatic rings. The summed E-state index contributed by atoms with van der Waals surface area (Å²) in [7, 11) is 0. The molecule has 6 heteroatoms.